The van der Waals surface area contributed by atoms with Crippen molar-refractivity contribution in [1.29, 1.82) is 0 Å². The van der Waals surface area contributed by atoms with E-state index in [2.05, 4.69) is 161 Å². The summed E-state index contributed by atoms with van der Waals surface area (Å²) in [6.07, 6.45) is 12.8. The van der Waals surface area contributed by atoms with Crippen LogP contribution in [-0.4, -0.2) is 6.71 Å². The minimum atomic E-state index is 0.0767. The zero-order valence-corrected chi connectivity index (χ0v) is 32.5. The van der Waals surface area contributed by atoms with Gasteiger partial charge in [0.2, 0.25) is 0 Å². The lowest BCUT2D eigenvalue weighted by atomic mass is 9.33. The van der Waals surface area contributed by atoms with Gasteiger partial charge in [0.25, 0.3) is 6.71 Å². The van der Waals surface area contributed by atoms with Crippen LogP contribution in [0, 0.1) is 0 Å². The number of para-hydroxylation sites is 2. The lowest BCUT2D eigenvalue weighted by Gasteiger charge is -2.45. The molecule has 0 amide bonds. The number of rotatable bonds is 2. The van der Waals surface area contributed by atoms with Gasteiger partial charge in [-0.2, -0.15) is 0 Å². The predicted octanol–water partition coefficient (Wildman–Crippen LogP) is 12.2. The van der Waals surface area contributed by atoms with Crippen LogP contribution in [0.15, 0.2) is 152 Å². The number of nitrogens with zero attached hydrogens (tertiary/aromatic N) is 2. The smallest absolute Gasteiger partial charge is 0.252 e. The molecule has 7 aromatic carbocycles. The maximum absolute atomic E-state index is 2.70. The van der Waals surface area contributed by atoms with Crippen LogP contribution in [0.4, 0.5) is 34.1 Å². The van der Waals surface area contributed by atoms with E-state index in [0.29, 0.717) is 0 Å². The van der Waals surface area contributed by atoms with E-state index < -0.39 is 0 Å². The summed E-state index contributed by atoms with van der Waals surface area (Å²) in [5.74, 6) is 0. The van der Waals surface area contributed by atoms with E-state index in [1.165, 1.54) is 137 Å². The van der Waals surface area contributed by atoms with Gasteiger partial charge in [-0.05, 0) is 135 Å². The summed E-state index contributed by atoms with van der Waals surface area (Å²) in [6, 6.07) is 59.0. The molecule has 0 saturated heterocycles. The molecule has 6 aliphatic rings. The highest BCUT2D eigenvalue weighted by Gasteiger charge is 2.49. The lowest BCUT2D eigenvalue weighted by Crippen LogP contribution is -2.61. The fourth-order valence-electron chi connectivity index (χ4n) is 12.9. The summed E-state index contributed by atoms with van der Waals surface area (Å²) < 4.78 is 0. The van der Waals surface area contributed by atoms with Gasteiger partial charge in [-0.1, -0.05) is 142 Å². The van der Waals surface area contributed by atoms with E-state index in [9.17, 15) is 0 Å². The average molecular weight is 733 g/mol. The van der Waals surface area contributed by atoms with Gasteiger partial charge in [0.05, 0.1) is 0 Å². The second-order valence-electron chi connectivity index (χ2n) is 17.8. The Bertz CT molecular complexity index is 2790. The highest BCUT2D eigenvalue weighted by Crippen LogP contribution is 2.59. The second kappa shape index (κ2) is 11.9. The Balaban J connectivity index is 1.11. The fraction of sp³-hybridized carbons (Fsp3) is 0.222. The number of benzene rings is 7. The SMILES string of the molecule is c1ccc(N2c3ccccc3B3c4cc5c(cc4N(c4ccc6c(c4)C4(CCCCC4)c4ccccc4-6)c4cccc2c43)C2(CCCCC2)c2ccccc2-5)cc1. The Kier molecular flexibility index (Phi) is 6.73. The maximum atomic E-state index is 2.70. The summed E-state index contributed by atoms with van der Waals surface area (Å²) in [5.41, 5.74) is 24.1. The Labute approximate surface area is 336 Å². The van der Waals surface area contributed by atoms with Crippen molar-refractivity contribution in [3.05, 3.63) is 174 Å². The van der Waals surface area contributed by atoms with Crippen LogP contribution in [0.5, 0.6) is 0 Å². The molecule has 2 heterocycles. The largest absolute Gasteiger partial charge is 0.311 e. The Morgan fingerprint density at radius 1 is 0.351 bits per heavy atom. The lowest BCUT2D eigenvalue weighted by molar-refractivity contribution is 0.353. The van der Waals surface area contributed by atoms with Gasteiger partial charge < -0.3 is 9.80 Å². The van der Waals surface area contributed by atoms with Crippen molar-refractivity contribution in [2.75, 3.05) is 9.80 Å². The second-order valence-corrected chi connectivity index (χ2v) is 17.8. The van der Waals surface area contributed by atoms with E-state index in [1.54, 1.807) is 22.3 Å². The van der Waals surface area contributed by atoms with E-state index in [1.807, 2.05) is 0 Å². The van der Waals surface area contributed by atoms with Crippen LogP contribution < -0.4 is 26.2 Å². The third-order valence-corrected chi connectivity index (χ3v) is 15.2. The standard InChI is InChI=1S/C54H45BN2/c1-4-17-36(18-5-1)56-48-24-11-10-23-46(48)55-47-34-41-39-20-7-9-22-43(39)54(31-14-3-15-32-54)45(41)35-51(47)57(50-26-16-25-49(56)52(50)55)37-27-28-40-38-19-6-8-21-42(38)53(44(40)33-37)29-12-2-13-30-53/h1,4-11,16-28,33-35H,2-3,12-15,29-32H2. The molecule has 3 heteroatoms. The quantitative estimate of drug-likeness (QED) is 0.163. The molecule has 0 N–H and O–H groups in total. The third kappa shape index (κ3) is 4.22. The molecule has 4 aliphatic carbocycles. The predicted molar refractivity (Wildman–Crippen MR) is 239 cm³/mol. The summed E-state index contributed by atoms with van der Waals surface area (Å²) in [6.45, 7) is 0.113. The van der Waals surface area contributed by atoms with Crippen molar-refractivity contribution in [2.45, 2.75) is 75.0 Å². The topological polar surface area (TPSA) is 6.48 Å². The normalized spacial score (nSPS) is 18.4. The van der Waals surface area contributed by atoms with Crippen molar-refractivity contribution in [3.8, 4) is 22.3 Å². The first-order valence-electron chi connectivity index (χ1n) is 21.7. The number of hydrogen-bond donors (Lipinski definition) is 0. The summed E-state index contributed by atoms with van der Waals surface area (Å²) in [5, 5.41) is 0. The van der Waals surface area contributed by atoms with Crippen LogP contribution in [-0.2, 0) is 10.8 Å². The summed E-state index contributed by atoms with van der Waals surface area (Å²) in [7, 11) is 0. The maximum Gasteiger partial charge on any atom is 0.252 e. The molecule has 2 spiro atoms. The van der Waals surface area contributed by atoms with Crippen molar-refractivity contribution in [3.63, 3.8) is 0 Å². The first kappa shape index (κ1) is 32.3. The van der Waals surface area contributed by atoms with Crippen LogP contribution in [0.1, 0.15) is 86.5 Å². The molecule has 0 unspecified atom stereocenters. The third-order valence-electron chi connectivity index (χ3n) is 15.2. The van der Waals surface area contributed by atoms with E-state index in [-0.39, 0.29) is 17.5 Å². The average Bonchev–Trinajstić information content (AvgIpc) is 3.68. The molecule has 57 heavy (non-hydrogen) atoms. The Hall–Kier alpha value is -5.80. The first-order valence-corrected chi connectivity index (χ1v) is 21.7. The van der Waals surface area contributed by atoms with Gasteiger partial charge in [-0.25, -0.2) is 0 Å². The van der Waals surface area contributed by atoms with Crippen molar-refractivity contribution in [1.82, 2.24) is 0 Å². The zero-order valence-electron chi connectivity index (χ0n) is 32.5. The van der Waals surface area contributed by atoms with Gasteiger partial charge in [0.1, 0.15) is 0 Å². The molecule has 2 fully saturated rings. The van der Waals surface area contributed by atoms with Crippen LogP contribution in [0.2, 0.25) is 0 Å². The molecule has 0 atom stereocenters. The molecule has 0 aromatic heterocycles. The summed E-state index contributed by atoms with van der Waals surface area (Å²) in [4.78, 5) is 5.21. The number of hydrogen-bond acceptors (Lipinski definition) is 2. The molecule has 274 valence electrons. The fourth-order valence-corrected chi connectivity index (χ4v) is 12.9. The Morgan fingerprint density at radius 2 is 0.895 bits per heavy atom. The van der Waals surface area contributed by atoms with Crippen LogP contribution in [0.3, 0.4) is 0 Å². The minimum Gasteiger partial charge on any atom is -0.311 e. The molecule has 0 radical (unpaired) electrons. The van der Waals surface area contributed by atoms with Gasteiger partial charge >= 0.3 is 0 Å². The molecule has 2 saturated carbocycles. The monoisotopic (exact) mass is 732 g/mol. The Morgan fingerprint density at radius 3 is 1.60 bits per heavy atom. The van der Waals surface area contributed by atoms with Crippen molar-refractivity contribution in [2.24, 2.45) is 0 Å². The molecule has 2 nitrogen and oxygen atoms in total. The van der Waals surface area contributed by atoms with E-state index >= 15 is 0 Å². The van der Waals surface area contributed by atoms with Crippen molar-refractivity contribution >= 4 is 57.2 Å². The van der Waals surface area contributed by atoms with Crippen LogP contribution in [0.25, 0.3) is 22.3 Å². The molecular weight excluding hydrogens is 687 g/mol. The van der Waals surface area contributed by atoms with Gasteiger partial charge in [-0.15, -0.1) is 0 Å². The molecule has 2 aliphatic heterocycles. The van der Waals surface area contributed by atoms with Crippen molar-refractivity contribution < 1.29 is 0 Å². The summed E-state index contributed by atoms with van der Waals surface area (Å²) >= 11 is 0. The number of anilines is 6. The van der Waals surface area contributed by atoms with Gasteiger partial charge in [0, 0.05) is 45.0 Å². The zero-order chi connectivity index (χ0) is 37.3. The van der Waals surface area contributed by atoms with Gasteiger partial charge in [-0.3, -0.25) is 0 Å². The van der Waals surface area contributed by atoms with Crippen LogP contribution >= 0.6 is 0 Å². The molecule has 7 aromatic rings. The highest BCUT2D eigenvalue weighted by atomic mass is 15.2. The van der Waals surface area contributed by atoms with Gasteiger partial charge in [0.15, 0.2) is 0 Å². The molecule has 13 rings (SSSR count). The van der Waals surface area contributed by atoms with E-state index in [0.717, 1.165) is 0 Å². The minimum absolute atomic E-state index is 0.0767. The first-order chi connectivity index (χ1) is 28.3. The highest BCUT2D eigenvalue weighted by molar-refractivity contribution is 7.00. The number of fused-ring (bicyclic) bond motifs is 14. The molecular formula is C54H45BN2. The molecule has 0 bridgehead atoms. The van der Waals surface area contributed by atoms with E-state index in [4.69, 9.17) is 0 Å².